The van der Waals surface area contributed by atoms with E-state index < -0.39 is 30.2 Å². The van der Waals surface area contributed by atoms with E-state index in [9.17, 15) is 14.4 Å². The van der Waals surface area contributed by atoms with Crippen molar-refractivity contribution in [3.05, 3.63) is 0 Å². The lowest BCUT2D eigenvalue weighted by Crippen LogP contribution is -2.51. The van der Waals surface area contributed by atoms with E-state index in [1.54, 1.807) is 0 Å². The molecule has 24 heavy (non-hydrogen) atoms. The highest BCUT2D eigenvalue weighted by atomic mass is 16.6. The van der Waals surface area contributed by atoms with E-state index in [4.69, 9.17) is 16.2 Å². The van der Waals surface area contributed by atoms with Crippen LogP contribution >= 0.6 is 0 Å². The van der Waals surface area contributed by atoms with Gasteiger partial charge in [0.1, 0.15) is 6.04 Å². The smallest absolute Gasteiger partial charge is 0.253 e. The lowest BCUT2D eigenvalue weighted by atomic mass is 10.0. The Labute approximate surface area is 140 Å². The number of carbonyl (C=O) groups is 3. The SMILES string of the molecule is CC(C)C[C@@H]1NC(=O)[C@H]2OC2C(=O)[C@@H](CCCN=C(N)N)NC1=O. The van der Waals surface area contributed by atoms with Gasteiger partial charge in [-0.3, -0.25) is 19.4 Å². The number of rotatable bonds is 6. The van der Waals surface area contributed by atoms with Crippen LogP contribution in [-0.4, -0.2) is 54.4 Å². The van der Waals surface area contributed by atoms with Crippen LogP contribution in [0.2, 0.25) is 0 Å². The number of aliphatic imine (C=N–C) groups is 1. The lowest BCUT2D eigenvalue weighted by Gasteiger charge is -2.22. The maximum absolute atomic E-state index is 12.4. The third kappa shape index (κ3) is 4.67. The minimum atomic E-state index is -0.792. The van der Waals surface area contributed by atoms with E-state index in [1.165, 1.54) is 0 Å². The molecule has 9 nitrogen and oxygen atoms in total. The van der Waals surface area contributed by atoms with Crippen LogP contribution in [0.3, 0.4) is 0 Å². The molecule has 134 valence electrons. The summed E-state index contributed by atoms with van der Waals surface area (Å²) in [4.78, 5) is 40.8. The molecule has 2 heterocycles. The predicted molar refractivity (Wildman–Crippen MR) is 86.9 cm³/mol. The molecule has 0 spiro atoms. The molecule has 4 atom stereocenters. The minimum absolute atomic E-state index is 0.0165. The van der Waals surface area contributed by atoms with Crippen molar-refractivity contribution in [1.29, 1.82) is 0 Å². The molecule has 9 heteroatoms. The maximum Gasteiger partial charge on any atom is 0.253 e. The number of hydrogen-bond acceptors (Lipinski definition) is 5. The van der Waals surface area contributed by atoms with Crippen molar-refractivity contribution in [2.45, 2.75) is 57.4 Å². The quantitative estimate of drug-likeness (QED) is 0.198. The van der Waals surface area contributed by atoms with Gasteiger partial charge in [-0.1, -0.05) is 13.8 Å². The van der Waals surface area contributed by atoms with Crippen molar-refractivity contribution in [3.8, 4) is 0 Å². The van der Waals surface area contributed by atoms with Gasteiger partial charge < -0.3 is 26.8 Å². The van der Waals surface area contributed by atoms with E-state index in [0.29, 0.717) is 25.8 Å². The minimum Gasteiger partial charge on any atom is -0.370 e. The van der Waals surface area contributed by atoms with Crippen LogP contribution in [0.5, 0.6) is 0 Å². The van der Waals surface area contributed by atoms with Gasteiger partial charge in [0.2, 0.25) is 5.91 Å². The molecular weight excluding hydrogens is 314 g/mol. The second kappa shape index (κ2) is 7.61. The van der Waals surface area contributed by atoms with Gasteiger partial charge in [0.15, 0.2) is 24.0 Å². The Morgan fingerprint density at radius 3 is 2.42 bits per heavy atom. The van der Waals surface area contributed by atoms with Crippen molar-refractivity contribution in [2.75, 3.05) is 6.54 Å². The van der Waals surface area contributed by atoms with Crippen LogP contribution in [0.25, 0.3) is 0 Å². The number of nitrogens with zero attached hydrogens (tertiary/aromatic N) is 1. The molecule has 2 aliphatic heterocycles. The number of nitrogens with two attached hydrogens (primary N) is 2. The van der Waals surface area contributed by atoms with E-state index in [-0.39, 0.29) is 23.6 Å². The molecule has 2 amide bonds. The van der Waals surface area contributed by atoms with Gasteiger partial charge in [0.25, 0.3) is 5.91 Å². The molecule has 1 unspecified atom stereocenters. The molecule has 0 saturated carbocycles. The van der Waals surface area contributed by atoms with Gasteiger partial charge in [-0.05, 0) is 25.2 Å². The summed E-state index contributed by atoms with van der Waals surface area (Å²) in [6, 6.07) is -1.38. The summed E-state index contributed by atoms with van der Waals surface area (Å²) >= 11 is 0. The van der Waals surface area contributed by atoms with Gasteiger partial charge in [0.05, 0.1) is 6.04 Å². The Hall–Kier alpha value is -2.16. The number of nitrogens with one attached hydrogen (secondary N) is 2. The number of guanidine groups is 1. The molecule has 0 bridgehead atoms. The van der Waals surface area contributed by atoms with Crippen LogP contribution in [0.15, 0.2) is 4.99 Å². The maximum atomic E-state index is 12.4. The van der Waals surface area contributed by atoms with Gasteiger partial charge in [-0.15, -0.1) is 0 Å². The second-order valence-electron chi connectivity index (χ2n) is 6.58. The van der Waals surface area contributed by atoms with Gasteiger partial charge in [0, 0.05) is 6.54 Å². The summed E-state index contributed by atoms with van der Waals surface area (Å²) in [7, 11) is 0. The first-order valence-electron chi connectivity index (χ1n) is 8.15. The monoisotopic (exact) mass is 339 g/mol. The first-order valence-corrected chi connectivity index (χ1v) is 8.15. The molecular formula is C15H25N5O4. The van der Waals surface area contributed by atoms with Gasteiger partial charge >= 0.3 is 0 Å². The third-order valence-corrected chi connectivity index (χ3v) is 3.98. The molecule has 0 aliphatic carbocycles. The molecule has 2 fully saturated rings. The van der Waals surface area contributed by atoms with Crippen molar-refractivity contribution in [2.24, 2.45) is 22.4 Å². The normalized spacial score (nSPS) is 29.7. The molecule has 2 saturated heterocycles. The molecule has 0 aromatic carbocycles. The highest BCUT2D eigenvalue weighted by Crippen LogP contribution is 2.27. The first kappa shape index (κ1) is 18.2. The zero-order chi connectivity index (χ0) is 17.9. The number of Topliss-reactive ketones (excluding diaryl/α,β-unsaturated/α-hetero) is 1. The van der Waals surface area contributed by atoms with Crippen LogP contribution in [0, 0.1) is 5.92 Å². The molecule has 0 aromatic rings. The van der Waals surface area contributed by atoms with Gasteiger partial charge in [-0.25, -0.2) is 0 Å². The Balaban J connectivity index is 2.06. The number of ether oxygens (including phenoxy) is 1. The molecule has 2 rings (SSSR count). The number of carbonyl (C=O) groups excluding carboxylic acids is 3. The summed E-state index contributed by atoms with van der Waals surface area (Å²) in [5.41, 5.74) is 10.5. The Morgan fingerprint density at radius 2 is 1.79 bits per heavy atom. The number of hydrogen-bond donors (Lipinski definition) is 4. The second-order valence-corrected chi connectivity index (χ2v) is 6.58. The average molecular weight is 339 g/mol. The van der Waals surface area contributed by atoms with Crippen molar-refractivity contribution < 1.29 is 19.1 Å². The topological polar surface area (TPSA) is 152 Å². The molecule has 6 N–H and O–H groups in total. The third-order valence-electron chi connectivity index (χ3n) is 3.98. The number of fused-ring (bicyclic) bond motifs is 1. The lowest BCUT2D eigenvalue weighted by molar-refractivity contribution is -0.132. The first-order chi connectivity index (χ1) is 11.3. The summed E-state index contributed by atoms with van der Waals surface area (Å²) < 4.78 is 5.20. The van der Waals surface area contributed by atoms with Crippen LogP contribution < -0.4 is 22.1 Å². The fourth-order valence-electron chi connectivity index (χ4n) is 2.74. The van der Waals surface area contributed by atoms with Crippen LogP contribution in [0.1, 0.15) is 33.1 Å². The Kier molecular flexibility index (Phi) is 5.76. The zero-order valence-corrected chi connectivity index (χ0v) is 14.0. The predicted octanol–water partition coefficient (Wildman–Crippen LogP) is -1.59. The Bertz CT molecular complexity index is 544. The fraction of sp³-hybridized carbons (Fsp3) is 0.733. The summed E-state index contributed by atoms with van der Waals surface area (Å²) in [5, 5.41) is 5.41. The number of ketones is 1. The zero-order valence-electron chi connectivity index (χ0n) is 14.0. The van der Waals surface area contributed by atoms with E-state index in [2.05, 4.69) is 15.6 Å². The van der Waals surface area contributed by atoms with Gasteiger partial charge in [-0.2, -0.15) is 0 Å². The highest BCUT2D eigenvalue weighted by molar-refractivity contribution is 6.03. The summed E-state index contributed by atoms with van der Waals surface area (Å²) in [6.45, 7) is 4.28. The summed E-state index contributed by atoms with van der Waals surface area (Å²) in [6.07, 6.45) is -0.168. The van der Waals surface area contributed by atoms with Crippen molar-refractivity contribution >= 4 is 23.6 Å². The van der Waals surface area contributed by atoms with Crippen molar-refractivity contribution in [3.63, 3.8) is 0 Å². The number of amides is 2. The van der Waals surface area contributed by atoms with Crippen LogP contribution in [0.4, 0.5) is 0 Å². The Morgan fingerprint density at radius 1 is 1.12 bits per heavy atom. The van der Waals surface area contributed by atoms with E-state index >= 15 is 0 Å². The molecule has 0 aromatic heterocycles. The standard InChI is InChI=1S/C15H25N5O4/c1-7(2)6-9-13(22)19-8(4-3-5-18-15(16)17)10(21)11-12(24-11)14(23)20-9/h7-9,11-12H,3-6H2,1-2H3,(H,19,22)(H,20,23)(H4,16,17,18)/t8-,9+,11?,12+/m1/s1. The van der Waals surface area contributed by atoms with E-state index in [0.717, 1.165) is 0 Å². The summed E-state index contributed by atoms with van der Waals surface area (Å²) in [5.74, 6) is -0.835. The average Bonchev–Trinajstić information content (AvgIpc) is 3.27. The van der Waals surface area contributed by atoms with Crippen molar-refractivity contribution in [1.82, 2.24) is 10.6 Å². The fourth-order valence-corrected chi connectivity index (χ4v) is 2.74. The molecule has 2 aliphatic rings. The van der Waals surface area contributed by atoms with Crippen LogP contribution in [-0.2, 0) is 19.1 Å². The highest BCUT2D eigenvalue weighted by Gasteiger charge is 2.53. The largest absolute Gasteiger partial charge is 0.370 e. The van der Waals surface area contributed by atoms with E-state index in [1.807, 2.05) is 13.8 Å². The molecule has 0 radical (unpaired) electrons. The number of epoxide rings is 1.